The number of hydrogen-bond donors (Lipinski definition) is 1. The average molecular weight is 413 g/mol. The third-order valence-electron chi connectivity index (χ3n) is 3.95. The van der Waals surface area contributed by atoms with E-state index in [1.165, 1.54) is 24.4 Å². The maximum absolute atomic E-state index is 13.9. The van der Waals surface area contributed by atoms with Gasteiger partial charge in [0.05, 0.1) is 29.2 Å². The Hall–Kier alpha value is -2.98. The number of aromatic nitrogens is 2. The van der Waals surface area contributed by atoms with Crippen molar-refractivity contribution < 1.29 is 9.18 Å². The predicted octanol–water partition coefficient (Wildman–Crippen LogP) is 4.08. The van der Waals surface area contributed by atoms with Crippen LogP contribution in [0.25, 0.3) is 5.69 Å². The van der Waals surface area contributed by atoms with Gasteiger partial charge >= 0.3 is 0 Å². The molecule has 7 heteroatoms. The summed E-state index contributed by atoms with van der Waals surface area (Å²) in [5, 5.41) is 16.1. The van der Waals surface area contributed by atoms with E-state index in [9.17, 15) is 14.4 Å². The number of halogens is 2. The molecular formula is C19H14BrFN4O. The molecule has 26 heavy (non-hydrogen) atoms. The van der Waals surface area contributed by atoms with Crippen molar-refractivity contribution in [3.05, 3.63) is 81.8 Å². The Labute approximate surface area is 158 Å². The van der Waals surface area contributed by atoms with Crippen LogP contribution in [-0.4, -0.2) is 15.7 Å². The van der Waals surface area contributed by atoms with Crippen molar-refractivity contribution in [2.45, 2.75) is 13.0 Å². The van der Waals surface area contributed by atoms with Gasteiger partial charge in [-0.05, 0) is 37.3 Å². The van der Waals surface area contributed by atoms with Gasteiger partial charge in [0.15, 0.2) is 0 Å². The van der Waals surface area contributed by atoms with Crippen LogP contribution in [0.1, 0.15) is 27.7 Å². The molecule has 3 aromatic rings. The fraction of sp³-hybridized carbons (Fsp3) is 0.105. The van der Waals surface area contributed by atoms with Gasteiger partial charge in [-0.1, -0.05) is 34.1 Å². The molecule has 1 amide bonds. The molecule has 0 bridgehead atoms. The van der Waals surface area contributed by atoms with Crippen molar-refractivity contribution in [3.8, 4) is 11.8 Å². The Bertz CT molecular complexity index is 992. The highest BCUT2D eigenvalue weighted by atomic mass is 79.9. The molecule has 130 valence electrons. The number of nitriles is 1. The van der Waals surface area contributed by atoms with Crippen molar-refractivity contribution in [1.29, 1.82) is 5.26 Å². The number of carbonyl (C=O) groups excluding carboxylic acids is 1. The molecule has 1 heterocycles. The van der Waals surface area contributed by atoms with Gasteiger partial charge in [-0.3, -0.25) is 4.79 Å². The molecule has 1 aromatic heterocycles. The van der Waals surface area contributed by atoms with E-state index >= 15 is 0 Å². The molecule has 0 aliphatic carbocycles. The van der Waals surface area contributed by atoms with Crippen LogP contribution < -0.4 is 5.32 Å². The van der Waals surface area contributed by atoms with Crippen molar-refractivity contribution in [3.63, 3.8) is 0 Å². The Morgan fingerprint density at radius 3 is 2.62 bits per heavy atom. The van der Waals surface area contributed by atoms with Crippen LogP contribution in [0.2, 0.25) is 0 Å². The zero-order chi connectivity index (χ0) is 18.7. The van der Waals surface area contributed by atoms with Crippen LogP contribution in [0, 0.1) is 24.1 Å². The SMILES string of the molecule is Cc1c(C(=O)NC(C#N)c2ccccc2F)cnn1-c1ccc(Br)cc1. The molecule has 0 aliphatic heterocycles. The zero-order valence-corrected chi connectivity index (χ0v) is 15.4. The second kappa shape index (κ2) is 7.50. The van der Waals surface area contributed by atoms with E-state index in [0.29, 0.717) is 11.3 Å². The molecule has 0 saturated carbocycles. The minimum absolute atomic E-state index is 0.126. The van der Waals surface area contributed by atoms with Crippen LogP contribution >= 0.6 is 15.9 Å². The van der Waals surface area contributed by atoms with Crippen LogP contribution in [-0.2, 0) is 0 Å². The average Bonchev–Trinajstić information content (AvgIpc) is 3.02. The topological polar surface area (TPSA) is 70.7 Å². The van der Waals surface area contributed by atoms with Gasteiger partial charge in [-0.15, -0.1) is 0 Å². The second-order valence-corrected chi connectivity index (χ2v) is 6.50. The van der Waals surface area contributed by atoms with Crippen molar-refractivity contribution in [2.75, 3.05) is 0 Å². The highest BCUT2D eigenvalue weighted by Crippen LogP contribution is 2.20. The monoisotopic (exact) mass is 412 g/mol. The van der Waals surface area contributed by atoms with E-state index in [0.717, 1.165) is 10.2 Å². The summed E-state index contributed by atoms with van der Waals surface area (Å²) in [7, 11) is 0. The lowest BCUT2D eigenvalue weighted by atomic mass is 10.1. The summed E-state index contributed by atoms with van der Waals surface area (Å²) in [6.45, 7) is 1.76. The molecule has 0 radical (unpaired) electrons. The Kier molecular flexibility index (Phi) is 5.14. The quantitative estimate of drug-likeness (QED) is 0.701. The van der Waals surface area contributed by atoms with Gasteiger partial charge in [0.2, 0.25) is 0 Å². The maximum atomic E-state index is 13.9. The summed E-state index contributed by atoms with van der Waals surface area (Å²) in [6.07, 6.45) is 1.43. The fourth-order valence-electron chi connectivity index (χ4n) is 2.57. The van der Waals surface area contributed by atoms with E-state index in [1.807, 2.05) is 30.3 Å². The minimum Gasteiger partial charge on any atom is -0.332 e. The molecule has 2 aromatic carbocycles. The van der Waals surface area contributed by atoms with Gasteiger partial charge in [0.25, 0.3) is 5.91 Å². The molecule has 0 spiro atoms. The normalized spacial score (nSPS) is 11.6. The number of carbonyl (C=O) groups is 1. The summed E-state index contributed by atoms with van der Waals surface area (Å²) in [4.78, 5) is 12.6. The molecule has 0 saturated heterocycles. The van der Waals surface area contributed by atoms with E-state index in [-0.39, 0.29) is 5.56 Å². The van der Waals surface area contributed by atoms with E-state index in [4.69, 9.17) is 0 Å². The number of nitrogens with zero attached hydrogens (tertiary/aromatic N) is 3. The van der Waals surface area contributed by atoms with Crippen molar-refractivity contribution in [2.24, 2.45) is 0 Å². The third-order valence-corrected chi connectivity index (χ3v) is 4.48. The van der Waals surface area contributed by atoms with E-state index in [1.54, 1.807) is 17.7 Å². The van der Waals surface area contributed by atoms with Crippen molar-refractivity contribution in [1.82, 2.24) is 15.1 Å². The highest BCUT2D eigenvalue weighted by molar-refractivity contribution is 9.10. The Balaban J connectivity index is 1.86. The minimum atomic E-state index is -1.08. The van der Waals surface area contributed by atoms with Gasteiger partial charge in [0, 0.05) is 10.0 Å². The third kappa shape index (κ3) is 3.51. The molecular weight excluding hydrogens is 399 g/mol. The second-order valence-electron chi connectivity index (χ2n) is 5.59. The summed E-state index contributed by atoms with van der Waals surface area (Å²) in [5.74, 6) is -1.03. The molecule has 0 fully saturated rings. The standard InChI is InChI=1S/C19H14BrFN4O/c1-12-16(11-23-25(12)14-8-6-13(20)7-9-14)19(26)24-18(10-22)15-4-2-3-5-17(15)21/h2-9,11,18H,1H3,(H,24,26). The van der Waals surface area contributed by atoms with Crippen LogP contribution in [0.5, 0.6) is 0 Å². The summed E-state index contributed by atoms with van der Waals surface area (Å²) in [5.41, 5.74) is 1.87. The summed E-state index contributed by atoms with van der Waals surface area (Å²) < 4.78 is 16.5. The molecule has 1 N–H and O–H groups in total. The van der Waals surface area contributed by atoms with Gasteiger partial charge in [-0.25, -0.2) is 9.07 Å². The highest BCUT2D eigenvalue weighted by Gasteiger charge is 2.21. The summed E-state index contributed by atoms with van der Waals surface area (Å²) >= 11 is 3.37. The Morgan fingerprint density at radius 2 is 1.96 bits per heavy atom. The molecule has 1 unspecified atom stereocenters. The lowest BCUT2D eigenvalue weighted by Crippen LogP contribution is -2.28. The molecule has 5 nitrogen and oxygen atoms in total. The van der Waals surface area contributed by atoms with Crippen LogP contribution in [0.3, 0.4) is 0 Å². The molecule has 3 rings (SSSR count). The smallest absolute Gasteiger partial charge is 0.256 e. The largest absolute Gasteiger partial charge is 0.332 e. The first-order valence-electron chi connectivity index (χ1n) is 7.76. The number of hydrogen-bond acceptors (Lipinski definition) is 3. The number of benzene rings is 2. The van der Waals surface area contributed by atoms with Crippen LogP contribution in [0.15, 0.2) is 59.2 Å². The number of nitrogens with one attached hydrogen (secondary N) is 1. The molecule has 0 aliphatic rings. The first-order chi connectivity index (χ1) is 12.5. The lowest BCUT2D eigenvalue weighted by Gasteiger charge is -2.12. The van der Waals surface area contributed by atoms with E-state index in [2.05, 4.69) is 26.3 Å². The zero-order valence-electron chi connectivity index (χ0n) is 13.8. The predicted molar refractivity (Wildman–Crippen MR) is 98.2 cm³/mol. The fourth-order valence-corrected chi connectivity index (χ4v) is 2.84. The van der Waals surface area contributed by atoms with Gasteiger partial charge in [-0.2, -0.15) is 10.4 Å². The Morgan fingerprint density at radius 1 is 1.27 bits per heavy atom. The maximum Gasteiger partial charge on any atom is 0.256 e. The molecule has 1 atom stereocenters. The number of rotatable bonds is 4. The lowest BCUT2D eigenvalue weighted by molar-refractivity contribution is 0.0944. The summed E-state index contributed by atoms with van der Waals surface area (Å²) in [6, 6.07) is 14.2. The van der Waals surface area contributed by atoms with E-state index < -0.39 is 17.8 Å². The van der Waals surface area contributed by atoms with Crippen molar-refractivity contribution >= 4 is 21.8 Å². The van der Waals surface area contributed by atoms with Gasteiger partial charge < -0.3 is 5.32 Å². The first-order valence-corrected chi connectivity index (χ1v) is 8.56. The number of amides is 1. The first kappa shape index (κ1) is 17.8. The van der Waals surface area contributed by atoms with Gasteiger partial charge in [0.1, 0.15) is 11.9 Å². The van der Waals surface area contributed by atoms with Crippen LogP contribution in [0.4, 0.5) is 4.39 Å².